The van der Waals surface area contributed by atoms with E-state index in [4.69, 9.17) is 9.16 Å². The standard InChI is InChI=1S/C16H25BrO2Si/c1-16(2,3)20(5,6)19-13-9-8-12-11(13)7-10-14(18-4)15(12)17/h7,10,13H,8-9H2,1-6H3. The highest BCUT2D eigenvalue weighted by Crippen LogP contribution is 2.46. The fourth-order valence-electron chi connectivity index (χ4n) is 2.41. The fraction of sp³-hybridized carbons (Fsp3) is 0.625. The summed E-state index contributed by atoms with van der Waals surface area (Å²) in [4.78, 5) is 0. The monoisotopic (exact) mass is 356 g/mol. The van der Waals surface area contributed by atoms with Crippen molar-refractivity contribution < 1.29 is 9.16 Å². The minimum atomic E-state index is -1.72. The van der Waals surface area contributed by atoms with E-state index in [2.05, 4.69) is 55.9 Å². The first kappa shape index (κ1) is 16.1. The Kier molecular flexibility index (Phi) is 4.39. The molecule has 0 bridgehead atoms. The van der Waals surface area contributed by atoms with Crippen LogP contribution in [0.2, 0.25) is 18.1 Å². The Balaban J connectivity index is 2.28. The van der Waals surface area contributed by atoms with Gasteiger partial charge in [-0.2, -0.15) is 0 Å². The average Bonchev–Trinajstić information content (AvgIpc) is 2.72. The molecule has 0 N–H and O–H groups in total. The Labute approximate surface area is 132 Å². The van der Waals surface area contributed by atoms with Gasteiger partial charge in [-0.3, -0.25) is 0 Å². The van der Waals surface area contributed by atoms with E-state index in [0.717, 1.165) is 23.1 Å². The molecule has 0 heterocycles. The maximum atomic E-state index is 6.60. The van der Waals surface area contributed by atoms with Crippen LogP contribution in [-0.4, -0.2) is 15.4 Å². The number of fused-ring (bicyclic) bond motifs is 1. The van der Waals surface area contributed by atoms with E-state index in [-0.39, 0.29) is 11.1 Å². The van der Waals surface area contributed by atoms with Crippen LogP contribution >= 0.6 is 15.9 Å². The predicted molar refractivity (Wildman–Crippen MR) is 90.0 cm³/mol. The van der Waals surface area contributed by atoms with E-state index in [1.807, 2.05) is 6.07 Å². The van der Waals surface area contributed by atoms with Crippen molar-refractivity contribution in [3.8, 4) is 5.75 Å². The number of methoxy groups -OCH3 is 1. The van der Waals surface area contributed by atoms with Crippen LogP contribution in [0.1, 0.15) is 44.4 Å². The van der Waals surface area contributed by atoms with Crippen LogP contribution in [0.25, 0.3) is 0 Å². The third-order valence-corrected chi connectivity index (χ3v) is 10.1. The summed E-state index contributed by atoms with van der Waals surface area (Å²) in [5.41, 5.74) is 2.69. The van der Waals surface area contributed by atoms with Gasteiger partial charge in [0.15, 0.2) is 8.32 Å². The highest BCUT2D eigenvalue weighted by Gasteiger charge is 2.41. The van der Waals surface area contributed by atoms with Gasteiger partial charge in [-0.25, -0.2) is 0 Å². The molecule has 112 valence electrons. The molecular weight excluding hydrogens is 332 g/mol. The second-order valence-corrected chi connectivity index (χ2v) is 12.6. The van der Waals surface area contributed by atoms with E-state index in [1.54, 1.807) is 7.11 Å². The Morgan fingerprint density at radius 1 is 1.25 bits per heavy atom. The molecule has 1 unspecified atom stereocenters. The Morgan fingerprint density at radius 2 is 1.90 bits per heavy atom. The molecule has 0 aliphatic heterocycles. The number of hydrogen-bond donors (Lipinski definition) is 0. The topological polar surface area (TPSA) is 18.5 Å². The summed E-state index contributed by atoms with van der Waals surface area (Å²) in [6.45, 7) is 11.5. The molecule has 0 amide bonds. The van der Waals surface area contributed by atoms with Crippen LogP contribution in [0, 0.1) is 0 Å². The van der Waals surface area contributed by atoms with E-state index < -0.39 is 8.32 Å². The minimum Gasteiger partial charge on any atom is -0.496 e. The van der Waals surface area contributed by atoms with Crippen molar-refractivity contribution >= 4 is 24.2 Å². The molecule has 0 spiro atoms. The molecule has 2 rings (SSSR count). The number of rotatable bonds is 3. The van der Waals surface area contributed by atoms with Crippen molar-refractivity contribution in [3.63, 3.8) is 0 Å². The average molecular weight is 357 g/mol. The van der Waals surface area contributed by atoms with E-state index >= 15 is 0 Å². The molecular formula is C16H25BrO2Si. The molecule has 1 aliphatic carbocycles. The maximum absolute atomic E-state index is 6.60. The Bertz CT molecular complexity index is 506. The fourth-order valence-corrected chi connectivity index (χ4v) is 4.44. The summed E-state index contributed by atoms with van der Waals surface area (Å²) in [7, 11) is -0.0109. The predicted octanol–water partition coefficient (Wildman–Crippen LogP) is 5.47. The molecule has 1 atom stereocenters. The normalized spacial score (nSPS) is 19.1. The highest BCUT2D eigenvalue weighted by molar-refractivity contribution is 9.10. The van der Waals surface area contributed by atoms with Crippen molar-refractivity contribution in [3.05, 3.63) is 27.7 Å². The molecule has 1 aromatic carbocycles. The third kappa shape index (κ3) is 2.83. The summed E-state index contributed by atoms with van der Waals surface area (Å²) < 4.78 is 13.1. The Hall–Kier alpha value is -0.323. The van der Waals surface area contributed by atoms with E-state index in [0.29, 0.717) is 0 Å². The van der Waals surface area contributed by atoms with Gasteiger partial charge in [0.2, 0.25) is 0 Å². The summed E-state index contributed by atoms with van der Waals surface area (Å²) in [5.74, 6) is 0.914. The van der Waals surface area contributed by atoms with Crippen molar-refractivity contribution in [1.29, 1.82) is 0 Å². The van der Waals surface area contributed by atoms with Crippen LogP contribution in [0.3, 0.4) is 0 Å². The lowest BCUT2D eigenvalue weighted by atomic mass is 10.1. The van der Waals surface area contributed by atoms with E-state index in [1.165, 1.54) is 11.1 Å². The first-order chi connectivity index (χ1) is 9.17. The lowest BCUT2D eigenvalue weighted by Crippen LogP contribution is -2.41. The van der Waals surface area contributed by atoms with Crippen LogP contribution in [0.15, 0.2) is 16.6 Å². The summed E-state index contributed by atoms with van der Waals surface area (Å²) in [6.07, 6.45) is 2.38. The van der Waals surface area contributed by atoms with Gasteiger partial charge in [0.25, 0.3) is 0 Å². The van der Waals surface area contributed by atoms with Crippen molar-refractivity contribution in [2.45, 2.75) is 57.8 Å². The van der Waals surface area contributed by atoms with Crippen molar-refractivity contribution in [1.82, 2.24) is 0 Å². The largest absolute Gasteiger partial charge is 0.496 e. The SMILES string of the molecule is COc1ccc2c(c1Br)CCC2O[Si](C)(C)C(C)(C)C. The molecule has 0 aromatic heterocycles. The zero-order chi connectivity index (χ0) is 15.1. The first-order valence-electron chi connectivity index (χ1n) is 7.20. The van der Waals surface area contributed by atoms with Crippen molar-refractivity contribution in [2.24, 2.45) is 0 Å². The van der Waals surface area contributed by atoms with Gasteiger partial charge in [0, 0.05) is 0 Å². The Morgan fingerprint density at radius 3 is 2.45 bits per heavy atom. The molecule has 1 aliphatic rings. The van der Waals surface area contributed by atoms with Crippen LogP contribution < -0.4 is 4.74 Å². The molecule has 0 saturated heterocycles. The van der Waals surface area contributed by atoms with Gasteiger partial charge in [-0.15, -0.1) is 0 Å². The van der Waals surface area contributed by atoms with Crippen LogP contribution in [0.5, 0.6) is 5.75 Å². The summed E-state index contributed by atoms with van der Waals surface area (Å²) in [5, 5.41) is 0.249. The number of ether oxygens (including phenoxy) is 1. The molecule has 20 heavy (non-hydrogen) atoms. The smallest absolute Gasteiger partial charge is 0.192 e. The summed E-state index contributed by atoms with van der Waals surface area (Å²) >= 11 is 3.67. The second kappa shape index (κ2) is 5.47. The maximum Gasteiger partial charge on any atom is 0.192 e. The van der Waals surface area contributed by atoms with Crippen LogP contribution in [0.4, 0.5) is 0 Å². The summed E-state index contributed by atoms with van der Waals surface area (Å²) in [6, 6.07) is 4.21. The quantitative estimate of drug-likeness (QED) is 0.668. The minimum absolute atomic E-state index is 0.244. The second-order valence-electron chi connectivity index (χ2n) is 7.06. The molecule has 0 radical (unpaired) electrons. The van der Waals surface area contributed by atoms with Gasteiger partial charge in [0.05, 0.1) is 17.7 Å². The molecule has 0 fully saturated rings. The molecule has 2 nitrogen and oxygen atoms in total. The highest BCUT2D eigenvalue weighted by atomic mass is 79.9. The zero-order valence-corrected chi connectivity index (χ0v) is 15.9. The number of benzene rings is 1. The van der Waals surface area contributed by atoms with Gasteiger partial charge < -0.3 is 9.16 Å². The lowest BCUT2D eigenvalue weighted by molar-refractivity contribution is 0.185. The molecule has 1 aromatic rings. The van der Waals surface area contributed by atoms with E-state index in [9.17, 15) is 0 Å². The van der Waals surface area contributed by atoms with Gasteiger partial charge in [-0.1, -0.05) is 26.8 Å². The van der Waals surface area contributed by atoms with Crippen molar-refractivity contribution in [2.75, 3.05) is 7.11 Å². The van der Waals surface area contributed by atoms with Crippen LogP contribution in [-0.2, 0) is 10.8 Å². The molecule has 4 heteroatoms. The third-order valence-electron chi connectivity index (χ3n) is 4.71. The zero-order valence-electron chi connectivity index (χ0n) is 13.3. The number of hydrogen-bond acceptors (Lipinski definition) is 2. The molecule has 0 saturated carbocycles. The number of halogens is 1. The van der Waals surface area contributed by atoms with Gasteiger partial charge in [-0.05, 0) is 64.1 Å². The van der Waals surface area contributed by atoms with Gasteiger partial charge >= 0.3 is 0 Å². The lowest BCUT2D eigenvalue weighted by Gasteiger charge is -2.38. The first-order valence-corrected chi connectivity index (χ1v) is 10.9. The van der Waals surface area contributed by atoms with Gasteiger partial charge in [0.1, 0.15) is 5.75 Å².